The first-order chi connectivity index (χ1) is 14.8. The molecule has 3 rings (SSSR count). The summed E-state index contributed by atoms with van der Waals surface area (Å²) in [5.41, 5.74) is 3.84. The highest BCUT2D eigenvalue weighted by Gasteiger charge is 2.24. The van der Waals surface area contributed by atoms with Crippen molar-refractivity contribution < 1.29 is 14.3 Å². The Bertz CT molecular complexity index is 1090. The van der Waals surface area contributed by atoms with Gasteiger partial charge in [-0.25, -0.2) is 4.98 Å². The second-order valence-corrected chi connectivity index (χ2v) is 7.99. The molecule has 0 saturated heterocycles. The molecule has 31 heavy (non-hydrogen) atoms. The summed E-state index contributed by atoms with van der Waals surface area (Å²) in [5.74, 6) is 1.42. The van der Waals surface area contributed by atoms with E-state index in [9.17, 15) is 4.79 Å². The van der Waals surface area contributed by atoms with Gasteiger partial charge >= 0.3 is 0 Å². The second-order valence-electron chi connectivity index (χ2n) is 7.99. The number of benzene rings is 1. The zero-order valence-corrected chi connectivity index (χ0v) is 19.4. The number of aryl methyl sites for hydroxylation is 3. The topological polar surface area (TPSA) is 78.3 Å². The van der Waals surface area contributed by atoms with E-state index in [1.807, 2.05) is 59.0 Å². The third kappa shape index (κ3) is 4.65. The Morgan fingerprint density at radius 2 is 1.77 bits per heavy atom. The molecule has 1 unspecified atom stereocenters. The molecule has 0 radical (unpaired) electrons. The maximum atomic E-state index is 13.4. The van der Waals surface area contributed by atoms with Crippen LogP contribution in [0.5, 0.6) is 11.5 Å². The van der Waals surface area contributed by atoms with Gasteiger partial charge in [0.25, 0.3) is 5.91 Å². The van der Waals surface area contributed by atoms with Crippen molar-refractivity contribution in [3.05, 3.63) is 46.8 Å². The quantitative estimate of drug-likeness (QED) is 0.576. The Balaban J connectivity index is 1.99. The van der Waals surface area contributed by atoms with Gasteiger partial charge in [-0.3, -0.25) is 9.48 Å². The molecular weight excluding hydrogens is 392 g/mol. The number of fused-ring (bicyclic) bond motifs is 1. The summed E-state index contributed by atoms with van der Waals surface area (Å²) in [6.45, 7) is 12.9. The molecule has 1 N–H and O–H groups in total. The molecule has 0 fully saturated rings. The summed E-state index contributed by atoms with van der Waals surface area (Å²) in [4.78, 5) is 18.0. The van der Waals surface area contributed by atoms with Crippen LogP contribution in [0.4, 0.5) is 0 Å². The monoisotopic (exact) mass is 424 g/mol. The number of ether oxygens (including phenoxy) is 2. The lowest BCUT2D eigenvalue weighted by Gasteiger charge is -2.24. The summed E-state index contributed by atoms with van der Waals surface area (Å²) in [7, 11) is 1.84. The van der Waals surface area contributed by atoms with Crippen LogP contribution in [0.2, 0.25) is 0 Å². The van der Waals surface area contributed by atoms with Crippen molar-refractivity contribution in [2.45, 2.75) is 47.6 Å². The van der Waals surface area contributed by atoms with Crippen LogP contribution in [0.3, 0.4) is 0 Å². The van der Waals surface area contributed by atoms with Gasteiger partial charge in [-0.05, 0) is 57.4 Å². The summed E-state index contributed by atoms with van der Waals surface area (Å²) in [6.07, 6.45) is 0. The highest BCUT2D eigenvalue weighted by Crippen LogP contribution is 2.33. The molecule has 0 aliphatic rings. The van der Waals surface area contributed by atoms with Crippen molar-refractivity contribution in [2.24, 2.45) is 13.0 Å². The fourth-order valence-electron chi connectivity index (χ4n) is 3.86. The molecule has 1 amide bonds. The van der Waals surface area contributed by atoms with Crippen LogP contribution in [-0.4, -0.2) is 33.9 Å². The van der Waals surface area contributed by atoms with Crippen molar-refractivity contribution in [3.8, 4) is 11.5 Å². The molecule has 0 spiro atoms. The minimum absolute atomic E-state index is 0.142. The Labute approximate surface area is 183 Å². The Morgan fingerprint density at radius 1 is 1.10 bits per heavy atom. The molecule has 1 atom stereocenters. The van der Waals surface area contributed by atoms with Gasteiger partial charge in [0, 0.05) is 12.7 Å². The van der Waals surface area contributed by atoms with E-state index < -0.39 is 0 Å². The van der Waals surface area contributed by atoms with E-state index in [4.69, 9.17) is 9.47 Å². The number of rotatable bonds is 8. The van der Waals surface area contributed by atoms with Gasteiger partial charge in [0.1, 0.15) is 0 Å². The van der Waals surface area contributed by atoms with Crippen LogP contribution < -0.4 is 14.8 Å². The molecule has 7 heteroatoms. The molecule has 0 saturated carbocycles. The molecule has 0 aliphatic heterocycles. The van der Waals surface area contributed by atoms with Gasteiger partial charge in [0.2, 0.25) is 0 Å². The van der Waals surface area contributed by atoms with Crippen molar-refractivity contribution >= 4 is 16.9 Å². The van der Waals surface area contributed by atoms with E-state index in [1.54, 1.807) is 4.68 Å². The van der Waals surface area contributed by atoms with Gasteiger partial charge in [0.15, 0.2) is 17.1 Å². The van der Waals surface area contributed by atoms with Gasteiger partial charge < -0.3 is 14.8 Å². The summed E-state index contributed by atoms with van der Waals surface area (Å²) in [6, 6.07) is 7.49. The molecule has 2 aromatic heterocycles. The number of pyridine rings is 1. The number of hydrogen-bond donors (Lipinski definition) is 1. The maximum absolute atomic E-state index is 13.4. The van der Waals surface area contributed by atoms with E-state index in [0.717, 1.165) is 22.3 Å². The standard InChI is InChI=1S/C24H32N4O3/c1-8-30-19-11-10-17(13-20(19)31-9-2)22(14(3)4)26-24(29)18-12-15(5)25-23-21(18)16(6)27-28(23)7/h10-14,22H,8-9H2,1-7H3,(H,26,29). The van der Waals surface area contributed by atoms with Crippen molar-refractivity contribution in [3.63, 3.8) is 0 Å². The number of nitrogens with one attached hydrogen (secondary N) is 1. The first-order valence-corrected chi connectivity index (χ1v) is 10.8. The van der Waals surface area contributed by atoms with Gasteiger partial charge in [-0.2, -0.15) is 5.10 Å². The molecule has 0 bridgehead atoms. The average Bonchev–Trinajstić information content (AvgIpc) is 3.00. The second kappa shape index (κ2) is 9.37. The minimum atomic E-state index is -0.192. The predicted molar refractivity (Wildman–Crippen MR) is 122 cm³/mol. The largest absolute Gasteiger partial charge is 0.490 e. The molecule has 7 nitrogen and oxygen atoms in total. The molecule has 2 heterocycles. The van der Waals surface area contributed by atoms with Crippen LogP contribution in [0.25, 0.3) is 11.0 Å². The van der Waals surface area contributed by atoms with E-state index in [-0.39, 0.29) is 17.9 Å². The zero-order chi connectivity index (χ0) is 22.7. The lowest BCUT2D eigenvalue weighted by molar-refractivity contribution is 0.0927. The number of aromatic nitrogens is 3. The van der Waals surface area contributed by atoms with E-state index >= 15 is 0 Å². The normalized spacial score (nSPS) is 12.3. The first kappa shape index (κ1) is 22.6. The fourth-order valence-corrected chi connectivity index (χ4v) is 3.86. The summed E-state index contributed by atoms with van der Waals surface area (Å²) in [5, 5.41) is 8.46. The molecule has 1 aromatic carbocycles. The number of hydrogen-bond acceptors (Lipinski definition) is 5. The van der Waals surface area contributed by atoms with Crippen LogP contribution >= 0.6 is 0 Å². The smallest absolute Gasteiger partial charge is 0.252 e. The Hall–Kier alpha value is -3.09. The third-order valence-electron chi connectivity index (χ3n) is 5.22. The Morgan fingerprint density at radius 3 is 2.42 bits per heavy atom. The van der Waals surface area contributed by atoms with Gasteiger partial charge in [0.05, 0.1) is 35.9 Å². The van der Waals surface area contributed by atoms with E-state index in [0.29, 0.717) is 35.9 Å². The first-order valence-electron chi connectivity index (χ1n) is 10.8. The van der Waals surface area contributed by atoms with Gasteiger partial charge in [-0.1, -0.05) is 19.9 Å². The number of carbonyl (C=O) groups is 1. The maximum Gasteiger partial charge on any atom is 0.252 e. The fraction of sp³-hybridized carbons (Fsp3) is 0.458. The number of carbonyl (C=O) groups excluding carboxylic acids is 1. The number of nitrogens with zero attached hydrogens (tertiary/aromatic N) is 3. The third-order valence-corrected chi connectivity index (χ3v) is 5.22. The van der Waals surface area contributed by atoms with E-state index in [2.05, 4.69) is 29.2 Å². The lowest BCUT2D eigenvalue weighted by atomic mass is 9.95. The number of amides is 1. The van der Waals surface area contributed by atoms with Gasteiger partial charge in [-0.15, -0.1) is 0 Å². The van der Waals surface area contributed by atoms with Crippen molar-refractivity contribution in [2.75, 3.05) is 13.2 Å². The zero-order valence-electron chi connectivity index (χ0n) is 19.4. The van der Waals surface area contributed by atoms with Crippen LogP contribution in [0.1, 0.15) is 61.0 Å². The van der Waals surface area contributed by atoms with Crippen molar-refractivity contribution in [1.29, 1.82) is 0 Å². The molecule has 3 aromatic rings. The van der Waals surface area contributed by atoms with E-state index in [1.165, 1.54) is 0 Å². The predicted octanol–water partition coefficient (Wildman–Crippen LogP) is 4.51. The molecule has 166 valence electrons. The van der Waals surface area contributed by atoms with Crippen molar-refractivity contribution in [1.82, 2.24) is 20.1 Å². The summed E-state index contributed by atoms with van der Waals surface area (Å²) < 4.78 is 13.2. The highest BCUT2D eigenvalue weighted by atomic mass is 16.5. The average molecular weight is 425 g/mol. The lowest BCUT2D eigenvalue weighted by Crippen LogP contribution is -2.32. The molecule has 0 aliphatic carbocycles. The highest BCUT2D eigenvalue weighted by molar-refractivity contribution is 6.06. The Kier molecular flexibility index (Phi) is 6.83. The minimum Gasteiger partial charge on any atom is -0.490 e. The summed E-state index contributed by atoms with van der Waals surface area (Å²) >= 11 is 0. The molecular formula is C24H32N4O3. The van der Waals surface area contributed by atoms with Crippen LogP contribution in [-0.2, 0) is 7.05 Å². The van der Waals surface area contributed by atoms with Crippen LogP contribution in [0.15, 0.2) is 24.3 Å². The SMILES string of the molecule is CCOc1ccc(C(NC(=O)c2cc(C)nc3c2c(C)nn3C)C(C)C)cc1OCC. The van der Waals surface area contributed by atoms with Crippen LogP contribution in [0, 0.1) is 19.8 Å².